The van der Waals surface area contributed by atoms with Crippen LogP contribution in [0, 0.1) is 6.92 Å². The molecule has 2 rings (SSSR count). The zero-order valence-electron chi connectivity index (χ0n) is 10.3. The molecule has 2 N–H and O–H groups in total. The Morgan fingerprint density at radius 2 is 1.72 bits per heavy atom. The van der Waals surface area contributed by atoms with Gasteiger partial charge < -0.3 is 10.5 Å². The lowest BCUT2D eigenvalue weighted by molar-refractivity contribution is 0.326. The molecular formula is C15H16ClNO. The summed E-state index contributed by atoms with van der Waals surface area (Å²) in [6.45, 7) is 3.10. The Morgan fingerprint density at radius 1 is 1.06 bits per heavy atom. The molecular weight excluding hydrogens is 246 g/mol. The topological polar surface area (TPSA) is 35.2 Å². The van der Waals surface area contributed by atoms with E-state index in [1.165, 1.54) is 0 Å². The van der Waals surface area contributed by atoms with E-state index in [2.05, 4.69) is 6.07 Å². The maximum absolute atomic E-state index is 5.88. The third-order valence-electron chi connectivity index (χ3n) is 2.73. The monoisotopic (exact) mass is 261 g/mol. The van der Waals surface area contributed by atoms with Crippen molar-refractivity contribution in [2.24, 2.45) is 5.73 Å². The van der Waals surface area contributed by atoms with Crippen LogP contribution in [0.5, 0.6) is 5.75 Å². The highest BCUT2D eigenvalue weighted by atomic mass is 35.5. The van der Waals surface area contributed by atoms with E-state index in [4.69, 9.17) is 22.1 Å². The largest absolute Gasteiger partial charge is 0.492 e. The Kier molecular flexibility index (Phi) is 4.24. The second-order valence-corrected chi connectivity index (χ2v) is 4.56. The molecule has 0 saturated carbocycles. The number of benzene rings is 2. The van der Waals surface area contributed by atoms with Crippen LogP contribution in [0.15, 0.2) is 42.5 Å². The zero-order valence-corrected chi connectivity index (χ0v) is 11.1. The minimum atomic E-state index is 0.526. The van der Waals surface area contributed by atoms with E-state index in [1.54, 1.807) is 0 Å². The standard InChI is InChI=1S/C15H16ClNO/c1-11-10-13(4-7-15(11)18-9-8-17)12-2-5-14(16)6-3-12/h2-7,10H,8-9,17H2,1H3. The van der Waals surface area contributed by atoms with Gasteiger partial charge >= 0.3 is 0 Å². The summed E-state index contributed by atoms with van der Waals surface area (Å²) in [5.74, 6) is 0.887. The second kappa shape index (κ2) is 5.89. The fourth-order valence-electron chi connectivity index (χ4n) is 1.80. The molecule has 0 spiro atoms. The number of rotatable bonds is 4. The molecule has 0 aliphatic heterocycles. The van der Waals surface area contributed by atoms with Crippen molar-refractivity contribution in [2.75, 3.05) is 13.2 Å². The van der Waals surface area contributed by atoms with Crippen molar-refractivity contribution in [3.8, 4) is 16.9 Å². The van der Waals surface area contributed by atoms with Gasteiger partial charge in [0.1, 0.15) is 12.4 Å². The minimum absolute atomic E-state index is 0.526. The Balaban J connectivity index is 2.25. The highest BCUT2D eigenvalue weighted by molar-refractivity contribution is 6.30. The van der Waals surface area contributed by atoms with Crippen LogP contribution in [-0.2, 0) is 0 Å². The highest BCUT2D eigenvalue weighted by Crippen LogP contribution is 2.27. The molecule has 0 atom stereocenters. The lowest BCUT2D eigenvalue weighted by atomic mass is 10.0. The Bertz CT molecular complexity index is 523. The molecule has 0 bridgehead atoms. The number of halogens is 1. The van der Waals surface area contributed by atoms with Gasteiger partial charge in [0.2, 0.25) is 0 Å². The first-order chi connectivity index (χ1) is 8.70. The predicted octanol–water partition coefficient (Wildman–Crippen LogP) is 3.65. The molecule has 2 nitrogen and oxygen atoms in total. The summed E-state index contributed by atoms with van der Waals surface area (Å²) in [6.07, 6.45) is 0. The van der Waals surface area contributed by atoms with E-state index in [0.717, 1.165) is 27.5 Å². The fourth-order valence-corrected chi connectivity index (χ4v) is 1.93. The van der Waals surface area contributed by atoms with Crippen LogP contribution in [-0.4, -0.2) is 13.2 Å². The first kappa shape index (κ1) is 12.9. The van der Waals surface area contributed by atoms with Crippen molar-refractivity contribution in [1.82, 2.24) is 0 Å². The van der Waals surface area contributed by atoms with Crippen molar-refractivity contribution in [3.63, 3.8) is 0 Å². The van der Waals surface area contributed by atoms with Gasteiger partial charge in [-0.2, -0.15) is 0 Å². The lowest BCUT2D eigenvalue weighted by Crippen LogP contribution is -2.11. The van der Waals surface area contributed by atoms with Crippen LogP contribution in [0.3, 0.4) is 0 Å². The first-order valence-electron chi connectivity index (χ1n) is 5.90. The maximum atomic E-state index is 5.88. The third kappa shape index (κ3) is 3.03. The van der Waals surface area contributed by atoms with E-state index in [9.17, 15) is 0 Å². The number of hydrogen-bond acceptors (Lipinski definition) is 2. The van der Waals surface area contributed by atoms with Gasteiger partial charge in [-0.05, 0) is 47.9 Å². The van der Waals surface area contributed by atoms with Gasteiger partial charge in [0, 0.05) is 11.6 Å². The Morgan fingerprint density at radius 3 is 2.33 bits per heavy atom. The van der Waals surface area contributed by atoms with E-state index in [1.807, 2.05) is 43.3 Å². The molecule has 0 aliphatic rings. The maximum Gasteiger partial charge on any atom is 0.122 e. The van der Waals surface area contributed by atoms with E-state index in [-0.39, 0.29) is 0 Å². The molecule has 0 radical (unpaired) electrons. The van der Waals surface area contributed by atoms with Crippen LogP contribution in [0.25, 0.3) is 11.1 Å². The van der Waals surface area contributed by atoms with E-state index < -0.39 is 0 Å². The van der Waals surface area contributed by atoms with Crippen LogP contribution in [0.1, 0.15) is 5.56 Å². The van der Waals surface area contributed by atoms with Gasteiger partial charge in [-0.1, -0.05) is 29.8 Å². The molecule has 94 valence electrons. The van der Waals surface area contributed by atoms with Gasteiger partial charge in [0.15, 0.2) is 0 Å². The average Bonchev–Trinajstić information content (AvgIpc) is 2.38. The fraction of sp³-hybridized carbons (Fsp3) is 0.200. The SMILES string of the molecule is Cc1cc(-c2ccc(Cl)cc2)ccc1OCCN. The number of nitrogens with two attached hydrogens (primary N) is 1. The minimum Gasteiger partial charge on any atom is -0.492 e. The van der Waals surface area contributed by atoms with Gasteiger partial charge in [0.25, 0.3) is 0 Å². The van der Waals surface area contributed by atoms with Crippen molar-refractivity contribution in [2.45, 2.75) is 6.92 Å². The summed E-state index contributed by atoms with van der Waals surface area (Å²) in [5.41, 5.74) is 8.83. The van der Waals surface area contributed by atoms with Crippen LogP contribution >= 0.6 is 11.6 Å². The van der Waals surface area contributed by atoms with Crippen LogP contribution in [0.2, 0.25) is 5.02 Å². The smallest absolute Gasteiger partial charge is 0.122 e. The predicted molar refractivity (Wildman–Crippen MR) is 76.2 cm³/mol. The molecule has 0 amide bonds. The third-order valence-corrected chi connectivity index (χ3v) is 2.98. The molecule has 2 aromatic carbocycles. The molecule has 18 heavy (non-hydrogen) atoms. The summed E-state index contributed by atoms with van der Waals surface area (Å²) in [4.78, 5) is 0. The zero-order chi connectivity index (χ0) is 13.0. The van der Waals surface area contributed by atoms with E-state index in [0.29, 0.717) is 13.2 Å². The second-order valence-electron chi connectivity index (χ2n) is 4.12. The molecule has 0 aliphatic carbocycles. The van der Waals surface area contributed by atoms with E-state index >= 15 is 0 Å². The normalized spacial score (nSPS) is 10.4. The van der Waals surface area contributed by atoms with Crippen molar-refractivity contribution in [3.05, 3.63) is 53.1 Å². The van der Waals surface area contributed by atoms with Gasteiger partial charge in [-0.3, -0.25) is 0 Å². The van der Waals surface area contributed by atoms with Gasteiger partial charge in [0.05, 0.1) is 0 Å². The molecule has 3 heteroatoms. The van der Waals surface area contributed by atoms with Crippen LogP contribution in [0.4, 0.5) is 0 Å². The van der Waals surface area contributed by atoms with Gasteiger partial charge in [-0.15, -0.1) is 0 Å². The first-order valence-corrected chi connectivity index (χ1v) is 6.28. The van der Waals surface area contributed by atoms with Crippen molar-refractivity contribution >= 4 is 11.6 Å². The molecule has 0 aromatic heterocycles. The molecule has 2 aromatic rings. The highest BCUT2D eigenvalue weighted by Gasteiger charge is 2.03. The summed E-state index contributed by atoms with van der Waals surface area (Å²) < 4.78 is 5.55. The van der Waals surface area contributed by atoms with Crippen molar-refractivity contribution in [1.29, 1.82) is 0 Å². The molecule has 0 saturated heterocycles. The summed E-state index contributed by atoms with van der Waals surface area (Å²) >= 11 is 5.88. The molecule has 0 unspecified atom stereocenters. The number of aryl methyl sites for hydroxylation is 1. The number of ether oxygens (including phenoxy) is 1. The Labute approximate surface area is 112 Å². The quantitative estimate of drug-likeness (QED) is 0.912. The summed E-state index contributed by atoms with van der Waals surface area (Å²) in [5, 5.41) is 0.748. The summed E-state index contributed by atoms with van der Waals surface area (Å²) in [7, 11) is 0. The lowest BCUT2D eigenvalue weighted by Gasteiger charge is -2.10. The number of hydrogen-bond donors (Lipinski definition) is 1. The average molecular weight is 262 g/mol. The molecule has 0 heterocycles. The molecule has 0 fully saturated rings. The van der Waals surface area contributed by atoms with Crippen molar-refractivity contribution < 1.29 is 4.74 Å². The van der Waals surface area contributed by atoms with Gasteiger partial charge in [-0.25, -0.2) is 0 Å². The Hall–Kier alpha value is -1.51. The summed E-state index contributed by atoms with van der Waals surface area (Å²) in [6, 6.07) is 13.9. The van der Waals surface area contributed by atoms with Crippen LogP contribution < -0.4 is 10.5 Å².